The molecule has 31 heavy (non-hydrogen) atoms. The summed E-state index contributed by atoms with van der Waals surface area (Å²) in [6.45, 7) is 1.39. The van der Waals surface area contributed by atoms with Crippen LogP contribution in [-0.2, 0) is 13.0 Å². The van der Waals surface area contributed by atoms with E-state index in [0.29, 0.717) is 13.1 Å². The minimum Gasteiger partial charge on any atom is -0.369 e. The van der Waals surface area contributed by atoms with Gasteiger partial charge < -0.3 is 10.2 Å². The molecule has 0 saturated heterocycles. The summed E-state index contributed by atoms with van der Waals surface area (Å²) in [5.41, 5.74) is 3.19. The number of thiophene rings is 1. The van der Waals surface area contributed by atoms with Gasteiger partial charge in [-0.2, -0.15) is 0 Å². The molecule has 0 fully saturated rings. The van der Waals surface area contributed by atoms with Crippen molar-refractivity contribution >= 4 is 33.0 Å². The first kappa shape index (κ1) is 19.6. The Morgan fingerprint density at radius 1 is 1.00 bits per heavy atom. The van der Waals surface area contributed by atoms with Gasteiger partial charge in [-0.05, 0) is 31.8 Å². The van der Waals surface area contributed by atoms with E-state index in [4.69, 9.17) is 9.97 Å². The Hall–Kier alpha value is -3.36. The quantitative estimate of drug-likeness (QED) is 0.420. The van der Waals surface area contributed by atoms with Gasteiger partial charge in [0, 0.05) is 30.1 Å². The van der Waals surface area contributed by atoms with Gasteiger partial charge in [0.2, 0.25) is 0 Å². The fourth-order valence-electron chi connectivity index (χ4n) is 3.65. The van der Waals surface area contributed by atoms with Gasteiger partial charge in [-0.15, -0.1) is 21.5 Å². The van der Waals surface area contributed by atoms with Crippen molar-refractivity contribution in [2.24, 2.45) is 0 Å². The van der Waals surface area contributed by atoms with Crippen LogP contribution in [0.1, 0.15) is 11.6 Å². The zero-order valence-electron chi connectivity index (χ0n) is 17.5. The highest BCUT2D eigenvalue weighted by atomic mass is 32.1. The molecule has 1 aromatic carbocycles. The standard InChI is InChI=1S/C23H23N7S/c1-29(2)14-18-25-22(24-12-11-20-28-27-19-10-6-7-13-30(19)20)21-17(15-31-23(21)26-18)16-8-4-3-5-9-16/h3-10,13,15H,11-12,14H2,1-2H3,(H,24,25,26). The van der Waals surface area contributed by atoms with Crippen molar-refractivity contribution in [2.45, 2.75) is 13.0 Å². The Balaban J connectivity index is 1.48. The van der Waals surface area contributed by atoms with Crippen LogP contribution in [-0.4, -0.2) is 50.1 Å². The Morgan fingerprint density at radius 2 is 1.84 bits per heavy atom. The molecule has 0 aliphatic rings. The third-order valence-electron chi connectivity index (χ3n) is 5.05. The summed E-state index contributed by atoms with van der Waals surface area (Å²) in [5.74, 6) is 2.61. The topological polar surface area (TPSA) is 71.2 Å². The Bertz CT molecular complexity index is 1320. The molecule has 0 radical (unpaired) electrons. The molecule has 4 heterocycles. The molecule has 0 amide bonds. The van der Waals surface area contributed by atoms with Crippen LogP contribution in [0.2, 0.25) is 0 Å². The van der Waals surface area contributed by atoms with Crippen LogP contribution < -0.4 is 5.32 Å². The fraction of sp³-hybridized carbons (Fsp3) is 0.217. The Kier molecular flexibility index (Phi) is 5.31. The Labute approximate surface area is 184 Å². The maximum Gasteiger partial charge on any atom is 0.160 e. The van der Waals surface area contributed by atoms with E-state index in [2.05, 4.69) is 50.1 Å². The number of benzene rings is 1. The molecule has 1 N–H and O–H groups in total. The molecule has 7 nitrogen and oxygen atoms in total. The molecule has 156 valence electrons. The van der Waals surface area contributed by atoms with Gasteiger partial charge in [0.05, 0.1) is 11.9 Å². The zero-order chi connectivity index (χ0) is 21.2. The van der Waals surface area contributed by atoms with Crippen molar-refractivity contribution < 1.29 is 0 Å². The lowest BCUT2D eigenvalue weighted by Gasteiger charge is -2.13. The van der Waals surface area contributed by atoms with E-state index in [0.717, 1.165) is 45.3 Å². The second-order valence-corrected chi connectivity index (χ2v) is 8.50. The van der Waals surface area contributed by atoms with Gasteiger partial charge in [0.25, 0.3) is 0 Å². The summed E-state index contributed by atoms with van der Waals surface area (Å²) >= 11 is 1.66. The molecular weight excluding hydrogens is 406 g/mol. The number of fused-ring (bicyclic) bond motifs is 2. The molecule has 0 aliphatic carbocycles. The number of hydrogen-bond acceptors (Lipinski definition) is 7. The van der Waals surface area contributed by atoms with Gasteiger partial charge in [-0.1, -0.05) is 36.4 Å². The van der Waals surface area contributed by atoms with Gasteiger partial charge in [0.1, 0.15) is 22.3 Å². The Morgan fingerprint density at radius 3 is 2.68 bits per heavy atom. The predicted octanol–water partition coefficient (Wildman–Crippen LogP) is 4.12. The van der Waals surface area contributed by atoms with Crippen molar-refractivity contribution in [1.29, 1.82) is 0 Å². The SMILES string of the molecule is CN(C)Cc1nc(NCCc2nnc3ccccn23)c2c(-c3ccccc3)csc2n1. The molecule has 4 aromatic heterocycles. The number of pyridine rings is 1. The third-order valence-corrected chi connectivity index (χ3v) is 5.92. The lowest BCUT2D eigenvalue weighted by atomic mass is 10.1. The number of hydrogen-bond donors (Lipinski definition) is 1. The number of rotatable bonds is 7. The number of aromatic nitrogens is 5. The molecule has 5 rings (SSSR count). The van der Waals surface area contributed by atoms with Crippen LogP contribution in [0.15, 0.2) is 60.1 Å². The summed E-state index contributed by atoms with van der Waals surface area (Å²) in [6.07, 6.45) is 2.74. The van der Waals surface area contributed by atoms with Crippen molar-refractivity contribution in [3.05, 3.63) is 71.8 Å². The van der Waals surface area contributed by atoms with Gasteiger partial charge in [-0.3, -0.25) is 4.40 Å². The molecule has 8 heteroatoms. The fourth-order valence-corrected chi connectivity index (χ4v) is 4.62. The van der Waals surface area contributed by atoms with E-state index >= 15 is 0 Å². The van der Waals surface area contributed by atoms with Crippen LogP contribution in [0.4, 0.5) is 5.82 Å². The van der Waals surface area contributed by atoms with E-state index in [1.54, 1.807) is 11.3 Å². The van der Waals surface area contributed by atoms with Crippen molar-refractivity contribution in [1.82, 2.24) is 29.5 Å². The largest absolute Gasteiger partial charge is 0.369 e. The first-order valence-corrected chi connectivity index (χ1v) is 11.1. The molecule has 0 unspecified atom stereocenters. The smallest absolute Gasteiger partial charge is 0.160 e. The van der Waals surface area contributed by atoms with Crippen molar-refractivity contribution in [3.63, 3.8) is 0 Å². The molecular formula is C23H23N7S. The van der Waals surface area contributed by atoms with Gasteiger partial charge in [0.15, 0.2) is 5.65 Å². The van der Waals surface area contributed by atoms with Gasteiger partial charge >= 0.3 is 0 Å². The zero-order valence-corrected chi connectivity index (χ0v) is 18.3. The summed E-state index contributed by atoms with van der Waals surface area (Å²) in [6, 6.07) is 16.3. The second kappa shape index (κ2) is 8.41. The van der Waals surface area contributed by atoms with Gasteiger partial charge in [-0.25, -0.2) is 9.97 Å². The van der Waals surface area contributed by atoms with Crippen LogP contribution in [0, 0.1) is 0 Å². The molecule has 5 aromatic rings. The highest BCUT2D eigenvalue weighted by molar-refractivity contribution is 7.17. The summed E-state index contributed by atoms with van der Waals surface area (Å²) in [5, 5.41) is 15.4. The minimum absolute atomic E-state index is 0.692. The van der Waals surface area contributed by atoms with Crippen molar-refractivity contribution in [2.75, 3.05) is 26.0 Å². The predicted molar refractivity (Wildman–Crippen MR) is 125 cm³/mol. The summed E-state index contributed by atoms with van der Waals surface area (Å²) < 4.78 is 2.02. The average Bonchev–Trinajstić information content (AvgIpc) is 3.38. The van der Waals surface area contributed by atoms with E-state index in [1.165, 1.54) is 5.56 Å². The first-order chi connectivity index (χ1) is 15.2. The van der Waals surface area contributed by atoms with Crippen LogP contribution in [0.3, 0.4) is 0 Å². The van der Waals surface area contributed by atoms with E-state index in [1.807, 2.05) is 49.0 Å². The second-order valence-electron chi connectivity index (χ2n) is 7.64. The normalized spacial score (nSPS) is 11.6. The number of anilines is 1. The van der Waals surface area contributed by atoms with E-state index in [-0.39, 0.29) is 0 Å². The third kappa shape index (κ3) is 3.99. The monoisotopic (exact) mass is 429 g/mol. The maximum absolute atomic E-state index is 4.88. The lowest BCUT2D eigenvalue weighted by molar-refractivity contribution is 0.391. The van der Waals surface area contributed by atoms with Crippen LogP contribution >= 0.6 is 11.3 Å². The number of nitrogens with zero attached hydrogens (tertiary/aromatic N) is 6. The lowest BCUT2D eigenvalue weighted by Crippen LogP contribution is -2.15. The summed E-state index contributed by atoms with van der Waals surface area (Å²) in [7, 11) is 4.06. The molecule has 0 atom stereocenters. The highest BCUT2D eigenvalue weighted by Gasteiger charge is 2.16. The highest BCUT2D eigenvalue weighted by Crippen LogP contribution is 2.37. The molecule has 0 spiro atoms. The first-order valence-electron chi connectivity index (χ1n) is 10.2. The van der Waals surface area contributed by atoms with Crippen molar-refractivity contribution in [3.8, 4) is 11.1 Å². The molecule has 0 aliphatic heterocycles. The number of nitrogens with one attached hydrogen (secondary N) is 1. The van der Waals surface area contributed by atoms with Crippen LogP contribution in [0.25, 0.3) is 27.0 Å². The average molecular weight is 430 g/mol. The molecule has 0 saturated carbocycles. The minimum atomic E-state index is 0.692. The van der Waals surface area contributed by atoms with E-state index < -0.39 is 0 Å². The molecule has 0 bridgehead atoms. The maximum atomic E-state index is 4.88. The van der Waals surface area contributed by atoms with Crippen LogP contribution in [0.5, 0.6) is 0 Å². The van der Waals surface area contributed by atoms with E-state index in [9.17, 15) is 0 Å². The summed E-state index contributed by atoms with van der Waals surface area (Å²) in [4.78, 5) is 12.8.